The molecule has 0 N–H and O–H groups in total. The topological polar surface area (TPSA) is 12.9 Å². The molecule has 0 aliphatic heterocycles. The van der Waals surface area contributed by atoms with Gasteiger partial charge in [-0.3, -0.25) is 4.98 Å². The SMILES string of the molecule is CCCCC[C@H]1CC[C@H](c2ccc(-c3ccc(C(F)(F)F)nc3)cc2)CC1. The summed E-state index contributed by atoms with van der Waals surface area (Å²) in [6.07, 6.45) is 7.42. The van der Waals surface area contributed by atoms with Crippen LogP contribution in [0.4, 0.5) is 13.2 Å². The average Bonchev–Trinajstić information content (AvgIpc) is 2.68. The van der Waals surface area contributed by atoms with Gasteiger partial charge in [0.05, 0.1) is 0 Å². The van der Waals surface area contributed by atoms with Crippen LogP contribution < -0.4 is 0 Å². The van der Waals surface area contributed by atoms with Crippen LogP contribution in [0.1, 0.15) is 75.5 Å². The fourth-order valence-corrected chi connectivity index (χ4v) is 4.15. The van der Waals surface area contributed by atoms with E-state index >= 15 is 0 Å². The molecule has 1 nitrogen and oxygen atoms in total. The molecular formula is C23H28F3N. The molecule has 1 saturated carbocycles. The van der Waals surface area contributed by atoms with Gasteiger partial charge in [-0.15, -0.1) is 0 Å². The number of alkyl halides is 3. The van der Waals surface area contributed by atoms with Crippen LogP contribution in [0.15, 0.2) is 42.6 Å². The van der Waals surface area contributed by atoms with Crippen molar-refractivity contribution in [2.45, 2.75) is 70.4 Å². The lowest BCUT2D eigenvalue weighted by molar-refractivity contribution is -0.141. The number of pyridine rings is 1. The minimum absolute atomic E-state index is 0.618. The lowest BCUT2D eigenvalue weighted by Gasteiger charge is -2.29. The molecule has 4 heteroatoms. The van der Waals surface area contributed by atoms with E-state index in [1.165, 1.54) is 69.2 Å². The van der Waals surface area contributed by atoms with Crippen LogP contribution in [-0.4, -0.2) is 4.98 Å². The molecule has 0 unspecified atom stereocenters. The van der Waals surface area contributed by atoms with E-state index in [2.05, 4.69) is 24.0 Å². The lowest BCUT2D eigenvalue weighted by atomic mass is 9.77. The molecule has 27 heavy (non-hydrogen) atoms. The molecule has 0 spiro atoms. The average molecular weight is 375 g/mol. The van der Waals surface area contributed by atoms with Gasteiger partial charge in [0.1, 0.15) is 5.69 Å². The third-order valence-electron chi connectivity index (χ3n) is 5.83. The molecule has 1 aromatic heterocycles. The van der Waals surface area contributed by atoms with Gasteiger partial charge in [0.25, 0.3) is 0 Å². The number of nitrogens with zero attached hydrogens (tertiary/aromatic N) is 1. The van der Waals surface area contributed by atoms with Crippen LogP contribution in [0.2, 0.25) is 0 Å². The van der Waals surface area contributed by atoms with E-state index in [0.717, 1.165) is 17.5 Å². The fourth-order valence-electron chi connectivity index (χ4n) is 4.15. The molecule has 2 aromatic rings. The summed E-state index contributed by atoms with van der Waals surface area (Å²) in [4.78, 5) is 3.55. The van der Waals surface area contributed by atoms with E-state index in [4.69, 9.17) is 0 Å². The van der Waals surface area contributed by atoms with E-state index in [1.54, 1.807) is 0 Å². The predicted octanol–water partition coefficient (Wildman–Crippen LogP) is 7.62. The van der Waals surface area contributed by atoms with Crippen LogP contribution in [0.25, 0.3) is 11.1 Å². The van der Waals surface area contributed by atoms with Crippen molar-refractivity contribution in [3.63, 3.8) is 0 Å². The molecule has 1 heterocycles. The Balaban J connectivity index is 1.58. The molecule has 0 radical (unpaired) electrons. The zero-order valence-electron chi connectivity index (χ0n) is 15.9. The van der Waals surface area contributed by atoms with Crippen LogP contribution >= 0.6 is 0 Å². The first-order chi connectivity index (χ1) is 13.0. The minimum atomic E-state index is -4.39. The van der Waals surface area contributed by atoms with Gasteiger partial charge < -0.3 is 0 Å². The number of halogens is 3. The van der Waals surface area contributed by atoms with Gasteiger partial charge in [0, 0.05) is 11.8 Å². The molecule has 1 fully saturated rings. The molecule has 3 rings (SSSR count). The first-order valence-corrected chi connectivity index (χ1v) is 10.1. The number of benzene rings is 1. The van der Waals surface area contributed by atoms with Crippen LogP contribution in [0.5, 0.6) is 0 Å². The second-order valence-electron chi connectivity index (χ2n) is 7.77. The second kappa shape index (κ2) is 8.90. The zero-order chi connectivity index (χ0) is 19.3. The summed E-state index contributed by atoms with van der Waals surface area (Å²) in [7, 11) is 0. The molecule has 1 aromatic carbocycles. The molecular weight excluding hydrogens is 347 g/mol. The van der Waals surface area contributed by atoms with Gasteiger partial charge in [-0.25, -0.2) is 0 Å². The van der Waals surface area contributed by atoms with Crippen molar-refractivity contribution in [1.82, 2.24) is 4.98 Å². The lowest BCUT2D eigenvalue weighted by Crippen LogP contribution is -2.13. The second-order valence-corrected chi connectivity index (χ2v) is 7.77. The van der Waals surface area contributed by atoms with E-state index in [9.17, 15) is 13.2 Å². The Morgan fingerprint density at radius 3 is 2.11 bits per heavy atom. The molecule has 0 amide bonds. The van der Waals surface area contributed by atoms with Crippen LogP contribution in [0.3, 0.4) is 0 Å². The van der Waals surface area contributed by atoms with E-state index in [1.807, 2.05) is 12.1 Å². The molecule has 146 valence electrons. The maximum atomic E-state index is 12.6. The highest BCUT2D eigenvalue weighted by Crippen LogP contribution is 2.38. The summed E-state index contributed by atoms with van der Waals surface area (Å²) in [5.74, 6) is 1.51. The minimum Gasteiger partial charge on any atom is -0.251 e. The number of hydrogen-bond donors (Lipinski definition) is 0. The largest absolute Gasteiger partial charge is 0.433 e. The highest BCUT2D eigenvalue weighted by molar-refractivity contribution is 5.62. The summed E-state index contributed by atoms with van der Waals surface area (Å²) in [6.45, 7) is 2.25. The fraction of sp³-hybridized carbons (Fsp3) is 0.522. The third kappa shape index (κ3) is 5.33. The smallest absolute Gasteiger partial charge is 0.251 e. The van der Waals surface area contributed by atoms with Crippen molar-refractivity contribution in [3.8, 4) is 11.1 Å². The highest BCUT2D eigenvalue weighted by atomic mass is 19.4. The summed E-state index contributed by atoms with van der Waals surface area (Å²) < 4.78 is 37.9. The Bertz CT molecular complexity index is 696. The van der Waals surface area contributed by atoms with Gasteiger partial charge in [-0.05, 0) is 54.7 Å². The Labute approximate surface area is 160 Å². The van der Waals surface area contributed by atoms with Crippen molar-refractivity contribution in [2.75, 3.05) is 0 Å². The van der Waals surface area contributed by atoms with E-state index in [-0.39, 0.29) is 0 Å². The van der Waals surface area contributed by atoms with Crippen molar-refractivity contribution in [3.05, 3.63) is 53.9 Å². The van der Waals surface area contributed by atoms with Gasteiger partial charge in [-0.2, -0.15) is 13.2 Å². The van der Waals surface area contributed by atoms with E-state index in [0.29, 0.717) is 11.5 Å². The molecule has 0 saturated heterocycles. The Morgan fingerprint density at radius 2 is 1.56 bits per heavy atom. The summed E-state index contributed by atoms with van der Waals surface area (Å²) in [6, 6.07) is 10.8. The summed E-state index contributed by atoms with van der Waals surface area (Å²) >= 11 is 0. The first kappa shape index (κ1) is 19.9. The first-order valence-electron chi connectivity index (χ1n) is 10.1. The van der Waals surface area contributed by atoms with Gasteiger partial charge in [0.15, 0.2) is 0 Å². The Kier molecular flexibility index (Phi) is 6.56. The zero-order valence-corrected chi connectivity index (χ0v) is 15.9. The quantitative estimate of drug-likeness (QED) is 0.473. The number of unbranched alkanes of at least 4 members (excludes halogenated alkanes) is 2. The molecule has 1 aliphatic rings. The Hall–Kier alpha value is -1.84. The van der Waals surface area contributed by atoms with Crippen molar-refractivity contribution in [2.24, 2.45) is 5.92 Å². The number of aromatic nitrogens is 1. The maximum absolute atomic E-state index is 12.6. The number of rotatable bonds is 6. The monoisotopic (exact) mass is 375 g/mol. The number of hydrogen-bond acceptors (Lipinski definition) is 1. The van der Waals surface area contributed by atoms with Crippen molar-refractivity contribution < 1.29 is 13.2 Å². The normalized spacial score (nSPS) is 20.6. The van der Waals surface area contributed by atoms with Crippen molar-refractivity contribution in [1.29, 1.82) is 0 Å². The summed E-state index contributed by atoms with van der Waals surface area (Å²) in [5, 5.41) is 0. The van der Waals surface area contributed by atoms with E-state index < -0.39 is 11.9 Å². The predicted molar refractivity (Wildman–Crippen MR) is 104 cm³/mol. The van der Waals surface area contributed by atoms with Gasteiger partial charge in [-0.1, -0.05) is 62.9 Å². The standard InChI is InChI=1S/C23H28F3N/c1-2-3-4-5-17-6-8-18(9-7-17)19-10-12-20(13-11-19)21-14-15-22(27-16-21)23(24,25)26/h10-18H,2-9H2,1H3/t17-,18-. The maximum Gasteiger partial charge on any atom is 0.433 e. The van der Waals surface area contributed by atoms with Gasteiger partial charge >= 0.3 is 6.18 Å². The summed E-state index contributed by atoms with van der Waals surface area (Å²) in [5.41, 5.74) is 2.13. The Morgan fingerprint density at radius 1 is 0.889 bits per heavy atom. The molecule has 0 bridgehead atoms. The molecule has 0 atom stereocenters. The third-order valence-corrected chi connectivity index (χ3v) is 5.83. The molecule has 1 aliphatic carbocycles. The van der Waals surface area contributed by atoms with Crippen molar-refractivity contribution >= 4 is 0 Å². The highest BCUT2D eigenvalue weighted by Gasteiger charge is 2.32. The van der Waals surface area contributed by atoms with Gasteiger partial charge in [0.2, 0.25) is 0 Å². The van der Waals surface area contributed by atoms with Crippen LogP contribution in [0, 0.1) is 5.92 Å². The van der Waals surface area contributed by atoms with Crippen LogP contribution in [-0.2, 0) is 6.18 Å².